The molecule has 0 aliphatic heterocycles. The molecule has 2 aromatic heterocycles. The van der Waals surface area contributed by atoms with Crippen molar-refractivity contribution in [3.8, 4) is 77.9 Å². The average Bonchev–Trinajstić information content (AvgIpc) is 1.24. The van der Waals surface area contributed by atoms with Crippen LogP contribution in [0.4, 0.5) is 0 Å². The number of fused-ring (bicyclic) bond motifs is 14. The molecule has 0 unspecified atom stereocenters. The Morgan fingerprint density at radius 1 is 0.149 bits per heavy atom. The summed E-state index contributed by atoms with van der Waals surface area (Å²) in [6.07, 6.45) is 0. The van der Waals surface area contributed by atoms with Crippen LogP contribution in [-0.2, 0) is 0 Å². The van der Waals surface area contributed by atoms with E-state index in [4.69, 9.17) is 8.83 Å². The van der Waals surface area contributed by atoms with E-state index >= 15 is 0 Å². The Morgan fingerprint density at radius 3 is 1.13 bits per heavy atom. The van der Waals surface area contributed by atoms with Crippen LogP contribution in [0.2, 0.25) is 0 Å². The average molecular weight is 1190 g/mol. The standard InChI is InChI=1S/C92H54O2/c1-3-21-55(22-4-1)57-39-40-59-50-63(42-41-58(59)49-57)85-72-30-11-15-34-76(72)87(77-35-16-12-31-73(77)85)89-66-26-8-7-25-62(66)52-81-71-46-44-61(54-84(71)94-92(81)89)60-43-45-67-64(51-60)53-82-70-29-19-20-38-83(70)93-91(82)90(67)88-78-36-17-13-32-74(78)86(75-33-14-18-37-79(75)88)80-48-47-65(56-23-5-2-6-24-56)68-27-9-10-28-69(68)80/h1-54H. The summed E-state index contributed by atoms with van der Waals surface area (Å²) in [4.78, 5) is 0. The minimum atomic E-state index is 0.846. The maximum absolute atomic E-state index is 7.43. The van der Waals surface area contributed by atoms with Crippen molar-refractivity contribution >= 4 is 130 Å². The topological polar surface area (TPSA) is 26.3 Å². The van der Waals surface area contributed by atoms with Crippen LogP contribution >= 0.6 is 0 Å². The molecule has 0 saturated carbocycles. The summed E-state index contributed by atoms with van der Waals surface area (Å²) in [7, 11) is 0. The van der Waals surface area contributed by atoms with E-state index in [2.05, 4.69) is 328 Å². The summed E-state index contributed by atoms with van der Waals surface area (Å²) in [6, 6.07) is 121. The fraction of sp³-hybridized carbons (Fsp3) is 0. The molecule has 0 N–H and O–H groups in total. The van der Waals surface area contributed by atoms with Crippen LogP contribution in [0.3, 0.4) is 0 Å². The largest absolute Gasteiger partial charge is 0.455 e. The molecular weight excluding hydrogens is 1140 g/mol. The maximum atomic E-state index is 7.43. The Kier molecular flexibility index (Phi) is 11.5. The highest BCUT2D eigenvalue weighted by molar-refractivity contribution is 6.32. The highest BCUT2D eigenvalue weighted by Gasteiger charge is 2.27. The molecule has 434 valence electrons. The number of furan rings is 2. The first-order valence-corrected chi connectivity index (χ1v) is 32.4. The molecule has 0 atom stereocenters. The molecule has 94 heavy (non-hydrogen) atoms. The zero-order chi connectivity index (χ0) is 61.5. The molecule has 0 bridgehead atoms. The molecule has 0 fully saturated rings. The van der Waals surface area contributed by atoms with Crippen LogP contribution in [0.1, 0.15) is 0 Å². The molecule has 0 aliphatic carbocycles. The van der Waals surface area contributed by atoms with E-state index in [9.17, 15) is 0 Å². The molecule has 20 rings (SSSR count). The molecule has 0 aliphatic rings. The SMILES string of the molecule is c1ccc(-c2ccc3cc(-c4c5ccccc5c(-c5c6ccccc6cc6c5oc5cc(-c7ccc8c(-c9c%10ccccc%10c(-c%10ccc(-c%11ccccc%11)c%11ccccc%10%11)c%10ccccc9%10)c9oc%10ccccc%10c9cc8c7)ccc56)c5ccccc45)ccc3c2)cc1. The molecule has 2 heteroatoms. The second-order valence-corrected chi connectivity index (χ2v) is 25.2. The van der Waals surface area contributed by atoms with E-state index < -0.39 is 0 Å². The molecule has 20 aromatic rings. The number of rotatable bonds is 7. The lowest BCUT2D eigenvalue weighted by Gasteiger charge is -2.20. The first-order chi connectivity index (χ1) is 46.6. The van der Waals surface area contributed by atoms with E-state index in [1.165, 1.54) is 120 Å². The summed E-state index contributed by atoms with van der Waals surface area (Å²) < 4.78 is 14.6. The predicted octanol–water partition coefficient (Wildman–Crippen LogP) is 26.4. The monoisotopic (exact) mass is 1190 g/mol. The van der Waals surface area contributed by atoms with Gasteiger partial charge in [-0.15, -0.1) is 0 Å². The van der Waals surface area contributed by atoms with Crippen LogP contribution in [-0.4, -0.2) is 0 Å². The number of hydrogen-bond acceptors (Lipinski definition) is 2. The minimum absolute atomic E-state index is 0.846. The third-order valence-electron chi connectivity index (χ3n) is 20.2. The summed E-state index contributed by atoms with van der Waals surface area (Å²) >= 11 is 0. The fourth-order valence-electron chi connectivity index (χ4n) is 16.0. The van der Waals surface area contributed by atoms with Gasteiger partial charge in [0.2, 0.25) is 0 Å². The van der Waals surface area contributed by atoms with Gasteiger partial charge in [-0.2, -0.15) is 0 Å². The lowest BCUT2D eigenvalue weighted by atomic mass is 9.82. The van der Waals surface area contributed by atoms with Gasteiger partial charge in [-0.3, -0.25) is 0 Å². The first-order valence-electron chi connectivity index (χ1n) is 32.4. The van der Waals surface area contributed by atoms with E-state index in [-0.39, 0.29) is 0 Å². The van der Waals surface area contributed by atoms with E-state index in [1.54, 1.807) is 0 Å². The molecule has 2 nitrogen and oxygen atoms in total. The second-order valence-electron chi connectivity index (χ2n) is 25.2. The maximum Gasteiger partial charge on any atom is 0.143 e. The molecule has 0 spiro atoms. The highest BCUT2D eigenvalue weighted by Crippen LogP contribution is 2.53. The number of benzene rings is 18. The van der Waals surface area contributed by atoms with Crippen molar-refractivity contribution < 1.29 is 8.83 Å². The Hall–Kier alpha value is -12.4. The van der Waals surface area contributed by atoms with E-state index in [0.717, 1.165) is 87.9 Å². The Bertz CT molecular complexity index is 6470. The molecule has 0 radical (unpaired) electrons. The van der Waals surface area contributed by atoms with Gasteiger partial charge in [-0.25, -0.2) is 0 Å². The van der Waals surface area contributed by atoms with Crippen molar-refractivity contribution in [2.24, 2.45) is 0 Å². The van der Waals surface area contributed by atoms with Gasteiger partial charge in [0.05, 0.1) is 0 Å². The van der Waals surface area contributed by atoms with Gasteiger partial charge in [-0.1, -0.05) is 279 Å². The van der Waals surface area contributed by atoms with Crippen molar-refractivity contribution in [2.45, 2.75) is 0 Å². The summed E-state index contributed by atoms with van der Waals surface area (Å²) in [6.45, 7) is 0. The summed E-state index contributed by atoms with van der Waals surface area (Å²) in [5.41, 5.74) is 19.9. The second kappa shape index (κ2) is 20.6. The van der Waals surface area contributed by atoms with Crippen molar-refractivity contribution in [3.05, 3.63) is 328 Å². The van der Waals surface area contributed by atoms with Crippen molar-refractivity contribution in [1.29, 1.82) is 0 Å². The van der Waals surface area contributed by atoms with Gasteiger partial charge in [0.25, 0.3) is 0 Å². The molecule has 2 heterocycles. The van der Waals surface area contributed by atoms with Gasteiger partial charge >= 0.3 is 0 Å². The predicted molar refractivity (Wildman–Crippen MR) is 399 cm³/mol. The fourth-order valence-corrected chi connectivity index (χ4v) is 16.0. The summed E-state index contributed by atoms with van der Waals surface area (Å²) in [5, 5.41) is 23.3. The Balaban J connectivity index is 0.768. The first kappa shape index (κ1) is 52.4. The van der Waals surface area contributed by atoms with Gasteiger partial charge in [0.1, 0.15) is 22.3 Å². The molecule has 0 saturated heterocycles. The van der Waals surface area contributed by atoms with Crippen LogP contribution in [0, 0.1) is 0 Å². The zero-order valence-corrected chi connectivity index (χ0v) is 51.0. The van der Waals surface area contributed by atoms with Gasteiger partial charge in [-0.05, 0) is 190 Å². The Labute approximate surface area is 541 Å². The van der Waals surface area contributed by atoms with Crippen molar-refractivity contribution in [2.75, 3.05) is 0 Å². The lowest BCUT2D eigenvalue weighted by Crippen LogP contribution is -1.93. The third kappa shape index (κ3) is 7.90. The van der Waals surface area contributed by atoms with E-state index in [0.29, 0.717) is 0 Å². The highest BCUT2D eigenvalue weighted by atomic mass is 16.3. The number of hydrogen-bond donors (Lipinski definition) is 0. The van der Waals surface area contributed by atoms with Gasteiger partial charge in [0, 0.05) is 43.8 Å². The Morgan fingerprint density at radius 2 is 0.521 bits per heavy atom. The smallest absolute Gasteiger partial charge is 0.143 e. The van der Waals surface area contributed by atoms with Crippen LogP contribution in [0.25, 0.3) is 208 Å². The van der Waals surface area contributed by atoms with E-state index in [1.807, 2.05) is 0 Å². The van der Waals surface area contributed by atoms with Crippen LogP contribution < -0.4 is 0 Å². The molecular formula is C92H54O2. The van der Waals surface area contributed by atoms with Crippen LogP contribution in [0.5, 0.6) is 0 Å². The third-order valence-corrected chi connectivity index (χ3v) is 20.2. The number of para-hydroxylation sites is 1. The van der Waals surface area contributed by atoms with Gasteiger partial charge < -0.3 is 8.83 Å². The quantitative estimate of drug-likeness (QED) is 0.149. The lowest BCUT2D eigenvalue weighted by molar-refractivity contribution is 0.670. The molecule has 18 aromatic carbocycles. The zero-order valence-electron chi connectivity index (χ0n) is 51.0. The van der Waals surface area contributed by atoms with Crippen molar-refractivity contribution in [3.63, 3.8) is 0 Å². The molecule has 0 amide bonds. The van der Waals surface area contributed by atoms with Crippen LogP contribution in [0.15, 0.2) is 336 Å². The minimum Gasteiger partial charge on any atom is -0.455 e. The van der Waals surface area contributed by atoms with Crippen molar-refractivity contribution in [1.82, 2.24) is 0 Å². The summed E-state index contributed by atoms with van der Waals surface area (Å²) in [5.74, 6) is 0. The van der Waals surface area contributed by atoms with Gasteiger partial charge in [0.15, 0.2) is 0 Å². The normalized spacial score (nSPS) is 12.0.